The Balaban J connectivity index is 1.82. The van der Waals surface area contributed by atoms with Gasteiger partial charge in [0.1, 0.15) is 11.3 Å². The molecule has 3 rings (SSSR count). The summed E-state index contributed by atoms with van der Waals surface area (Å²) in [6.07, 6.45) is 3.52. The first-order valence-electron chi connectivity index (χ1n) is 7.30. The van der Waals surface area contributed by atoms with Gasteiger partial charge in [0.05, 0.1) is 7.11 Å². The molecule has 0 atom stereocenters. The maximum Gasteiger partial charge on any atom is 0.260 e. The van der Waals surface area contributed by atoms with Gasteiger partial charge in [-0.15, -0.1) is 0 Å². The molecule has 1 N–H and O–H groups in total. The highest BCUT2D eigenvalue weighted by atomic mass is 16.5. The fraction of sp³-hybridized carbons (Fsp3) is 0.294. The van der Waals surface area contributed by atoms with E-state index in [4.69, 9.17) is 4.74 Å². The molecule has 0 radical (unpaired) electrons. The number of pyridine rings is 1. The van der Waals surface area contributed by atoms with Crippen molar-refractivity contribution in [1.82, 2.24) is 9.88 Å². The summed E-state index contributed by atoms with van der Waals surface area (Å²) in [7, 11) is 1.62. The summed E-state index contributed by atoms with van der Waals surface area (Å²) >= 11 is 0. The second kappa shape index (κ2) is 6.05. The van der Waals surface area contributed by atoms with Crippen LogP contribution < -0.4 is 10.3 Å². The Labute approximate surface area is 128 Å². The van der Waals surface area contributed by atoms with Crippen molar-refractivity contribution in [3.05, 3.63) is 64.1 Å². The minimum atomic E-state index is -0.340. The summed E-state index contributed by atoms with van der Waals surface area (Å²) < 4.78 is 5.14. The van der Waals surface area contributed by atoms with Crippen molar-refractivity contribution in [1.29, 1.82) is 0 Å². The average Bonchev–Trinajstić information content (AvgIpc) is 3.38. The van der Waals surface area contributed by atoms with Gasteiger partial charge in [0.15, 0.2) is 0 Å². The summed E-state index contributed by atoms with van der Waals surface area (Å²) in [5.74, 6) is 0.577. The Morgan fingerprint density at radius 2 is 2.00 bits per heavy atom. The molecule has 1 aliphatic rings. The minimum Gasteiger partial charge on any atom is -0.497 e. The molecule has 0 bridgehead atoms. The van der Waals surface area contributed by atoms with Crippen molar-refractivity contribution >= 4 is 5.91 Å². The number of nitrogens with one attached hydrogen (secondary N) is 1. The van der Waals surface area contributed by atoms with Crippen LogP contribution in [-0.2, 0) is 6.54 Å². The van der Waals surface area contributed by atoms with E-state index in [0.29, 0.717) is 6.54 Å². The van der Waals surface area contributed by atoms with Crippen molar-refractivity contribution in [2.45, 2.75) is 25.4 Å². The zero-order chi connectivity index (χ0) is 15.5. The number of benzene rings is 1. The number of methoxy groups -OCH3 is 1. The fourth-order valence-electron chi connectivity index (χ4n) is 2.43. The second-order valence-electron chi connectivity index (χ2n) is 5.43. The van der Waals surface area contributed by atoms with Crippen molar-refractivity contribution in [3.63, 3.8) is 0 Å². The number of H-pyrrole nitrogens is 1. The first kappa shape index (κ1) is 14.4. The SMILES string of the molecule is COc1ccc(CN(C(=O)c2ccc[nH]c2=O)C2CC2)cc1. The van der Waals surface area contributed by atoms with E-state index in [1.54, 1.807) is 24.1 Å². The first-order valence-corrected chi connectivity index (χ1v) is 7.30. The van der Waals surface area contributed by atoms with Crippen LogP contribution in [-0.4, -0.2) is 28.9 Å². The topological polar surface area (TPSA) is 62.4 Å². The lowest BCUT2D eigenvalue weighted by Gasteiger charge is -2.22. The Bertz CT molecular complexity index is 717. The van der Waals surface area contributed by atoms with Crippen LogP contribution in [0.1, 0.15) is 28.8 Å². The molecule has 1 aromatic heterocycles. The van der Waals surface area contributed by atoms with Gasteiger partial charge in [-0.3, -0.25) is 9.59 Å². The molecule has 0 saturated heterocycles. The molecule has 0 aliphatic heterocycles. The molecule has 1 aliphatic carbocycles. The van der Waals surface area contributed by atoms with Crippen molar-refractivity contribution in [3.8, 4) is 5.75 Å². The fourth-order valence-corrected chi connectivity index (χ4v) is 2.43. The van der Waals surface area contributed by atoms with Gasteiger partial charge in [-0.1, -0.05) is 12.1 Å². The molecule has 1 amide bonds. The monoisotopic (exact) mass is 298 g/mol. The molecule has 0 spiro atoms. The minimum absolute atomic E-state index is 0.197. The Kier molecular flexibility index (Phi) is 3.96. The molecule has 1 fully saturated rings. The largest absolute Gasteiger partial charge is 0.497 e. The van der Waals surface area contributed by atoms with Crippen LogP contribution in [0.15, 0.2) is 47.4 Å². The standard InChI is InChI=1S/C17H18N2O3/c1-22-14-8-4-12(5-9-14)11-19(13-6-7-13)17(21)15-3-2-10-18-16(15)20/h2-5,8-10,13H,6-7,11H2,1H3,(H,18,20). The van der Waals surface area contributed by atoms with Gasteiger partial charge < -0.3 is 14.6 Å². The van der Waals surface area contributed by atoms with E-state index in [1.807, 2.05) is 24.3 Å². The van der Waals surface area contributed by atoms with Crippen LogP contribution in [0.2, 0.25) is 0 Å². The van der Waals surface area contributed by atoms with E-state index in [1.165, 1.54) is 6.20 Å². The Hall–Kier alpha value is -2.56. The third kappa shape index (κ3) is 3.03. The predicted octanol–water partition coefficient (Wildman–Crippen LogP) is 2.19. The van der Waals surface area contributed by atoms with E-state index in [0.717, 1.165) is 24.2 Å². The number of hydrogen-bond donors (Lipinski definition) is 1. The third-order valence-electron chi connectivity index (χ3n) is 3.81. The van der Waals surface area contributed by atoms with Crippen LogP contribution in [0.3, 0.4) is 0 Å². The van der Waals surface area contributed by atoms with Gasteiger partial charge >= 0.3 is 0 Å². The number of ether oxygens (including phenoxy) is 1. The van der Waals surface area contributed by atoms with Crippen LogP contribution in [0.5, 0.6) is 5.75 Å². The average molecular weight is 298 g/mol. The summed E-state index contributed by atoms with van der Waals surface area (Å²) in [5, 5.41) is 0. The quantitative estimate of drug-likeness (QED) is 0.920. The van der Waals surface area contributed by atoms with Gasteiger partial charge in [0, 0.05) is 18.8 Å². The molecular weight excluding hydrogens is 280 g/mol. The maximum absolute atomic E-state index is 12.7. The highest BCUT2D eigenvalue weighted by Gasteiger charge is 2.33. The first-order chi connectivity index (χ1) is 10.7. The Morgan fingerprint density at radius 3 is 2.59 bits per heavy atom. The van der Waals surface area contributed by atoms with E-state index in [2.05, 4.69) is 4.98 Å². The number of carbonyl (C=O) groups excluding carboxylic acids is 1. The van der Waals surface area contributed by atoms with Crippen LogP contribution in [0, 0.1) is 0 Å². The maximum atomic E-state index is 12.7. The molecule has 22 heavy (non-hydrogen) atoms. The van der Waals surface area contributed by atoms with Crippen LogP contribution >= 0.6 is 0 Å². The van der Waals surface area contributed by atoms with Crippen LogP contribution in [0.25, 0.3) is 0 Å². The van der Waals surface area contributed by atoms with Gasteiger partial charge in [-0.25, -0.2) is 0 Å². The van der Waals surface area contributed by atoms with Gasteiger partial charge in [0.25, 0.3) is 11.5 Å². The summed E-state index contributed by atoms with van der Waals surface area (Å²) in [6.45, 7) is 0.502. The van der Waals surface area contributed by atoms with Crippen molar-refractivity contribution in [2.24, 2.45) is 0 Å². The van der Waals surface area contributed by atoms with Gasteiger partial charge in [0.2, 0.25) is 0 Å². The summed E-state index contributed by atoms with van der Waals surface area (Å²) in [6, 6.07) is 11.1. The van der Waals surface area contributed by atoms with E-state index in [-0.39, 0.29) is 23.1 Å². The number of nitrogens with zero attached hydrogens (tertiary/aromatic N) is 1. The number of carbonyl (C=O) groups is 1. The summed E-state index contributed by atoms with van der Waals surface area (Å²) in [5.41, 5.74) is 0.879. The molecule has 114 valence electrons. The van der Waals surface area contributed by atoms with Gasteiger partial charge in [-0.2, -0.15) is 0 Å². The lowest BCUT2D eigenvalue weighted by molar-refractivity contribution is 0.0728. The van der Waals surface area contributed by atoms with E-state index in [9.17, 15) is 9.59 Å². The third-order valence-corrected chi connectivity index (χ3v) is 3.81. The second-order valence-corrected chi connectivity index (χ2v) is 5.43. The number of amides is 1. The molecule has 5 nitrogen and oxygen atoms in total. The number of aromatic amines is 1. The molecule has 5 heteroatoms. The summed E-state index contributed by atoms with van der Waals surface area (Å²) in [4.78, 5) is 28.8. The molecular formula is C17H18N2O3. The number of aromatic nitrogens is 1. The smallest absolute Gasteiger partial charge is 0.260 e. The Morgan fingerprint density at radius 1 is 1.27 bits per heavy atom. The van der Waals surface area contributed by atoms with Crippen molar-refractivity contribution in [2.75, 3.05) is 7.11 Å². The van der Waals surface area contributed by atoms with Crippen molar-refractivity contribution < 1.29 is 9.53 Å². The normalized spacial score (nSPS) is 13.7. The predicted molar refractivity (Wildman–Crippen MR) is 83.0 cm³/mol. The molecule has 0 unspecified atom stereocenters. The molecule has 1 aromatic carbocycles. The lowest BCUT2D eigenvalue weighted by Crippen LogP contribution is -2.35. The highest BCUT2D eigenvalue weighted by molar-refractivity contribution is 5.94. The van der Waals surface area contributed by atoms with Crippen LogP contribution in [0.4, 0.5) is 0 Å². The molecule has 2 aromatic rings. The van der Waals surface area contributed by atoms with E-state index >= 15 is 0 Å². The highest BCUT2D eigenvalue weighted by Crippen LogP contribution is 2.29. The number of hydrogen-bond acceptors (Lipinski definition) is 3. The van der Waals surface area contributed by atoms with E-state index < -0.39 is 0 Å². The lowest BCUT2D eigenvalue weighted by atomic mass is 10.1. The zero-order valence-electron chi connectivity index (χ0n) is 12.4. The molecule has 1 saturated carbocycles. The molecule has 1 heterocycles. The van der Waals surface area contributed by atoms with Gasteiger partial charge in [-0.05, 0) is 42.7 Å². The zero-order valence-corrected chi connectivity index (χ0v) is 12.4. The number of rotatable bonds is 5.